The summed E-state index contributed by atoms with van der Waals surface area (Å²) >= 11 is 0. The lowest BCUT2D eigenvalue weighted by molar-refractivity contribution is -0.122. The van der Waals surface area contributed by atoms with Crippen LogP contribution in [0.15, 0.2) is 12.1 Å². The molecule has 1 saturated carbocycles. The number of aryl methyl sites for hydroxylation is 1. The molecule has 0 spiro atoms. The molecule has 7 nitrogen and oxygen atoms in total. The van der Waals surface area contributed by atoms with Crippen LogP contribution in [0, 0.1) is 5.92 Å². The number of anilines is 1. The van der Waals surface area contributed by atoms with Crippen LogP contribution < -0.4 is 14.8 Å². The Bertz CT molecular complexity index is 954. The largest absolute Gasteiger partial charge is 0.493 e. The number of fused-ring (bicyclic) bond motifs is 3. The maximum absolute atomic E-state index is 8.36. The second kappa shape index (κ2) is 11.1. The van der Waals surface area contributed by atoms with E-state index >= 15 is 0 Å². The number of hydrogen-bond acceptors (Lipinski definition) is 6. The quantitative estimate of drug-likeness (QED) is 0.425. The van der Waals surface area contributed by atoms with E-state index < -0.39 is 0 Å². The second-order valence-electron chi connectivity index (χ2n) is 9.42. The first-order valence-corrected chi connectivity index (χ1v) is 12.4. The van der Waals surface area contributed by atoms with E-state index in [0.29, 0.717) is 12.6 Å². The third kappa shape index (κ3) is 5.69. The molecule has 0 radical (unpaired) electrons. The van der Waals surface area contributed by atoms with Gasteiger partial charge in [-0.25, -0.2) is 4.98 Å². The minimum absolute atomic E-state index is 0.250. The maximum atomic E-state index is 8.36. The average molecular weight is 456 g/mol. The van der Waals surface area contributed by atoms with E-state index in [1.165, 1.54) is 61.7 Å². The predicted octanol–water partition coefficient (Wildman–Crippen LogP) is 4.51. The zero-order chi connectivity index (χ0) is 23.2. The normalized spacial score (nSPS) is 18.4. The van der Waals surface area contributed by atoms with Crippen LogP contribution in [0.5, 0.6) is 11.5 Å². The monoisotopic (exact) mass is 455 g/mol. The van der Waals surface area contributed by atoms with Gasteiger partial charge in [0.25, 0.3) is 6.47 Å². The summed E-state index contributed by atoms with van der Waals surface area (Å²) in [5.74, 6) is 3.55. The number of hydrogen-bond donors (Lipinski definition) is 2. The molecule has 1 aromatic heterocycles. The van der Waals surface area contributed by atoms with E-state index in [9.17, 15) is 0 Å². The number of rotatable bonds is 9. The molecule has 2 aliphatic carbocycles. The van der Waals surface area contributed by atoms with Gasteiger partial charge in [0.2, 0.25) is 0 Å². The molecule has 0 amide bonds. The fourth-order valence-electron chi connectivity index (χ4n) is 5.17. The van der Waals surface area contributed by atoms with Gasteiger partial charge in [0.05, 0.1) is 19.2 Å². The molecule has 33 heavy (non-hydrogen) atoms. The number of methoxy groups -OCH3 is 1. The summed E-state index contributed by atoms with van der Waals surface area (Å²) in [5, 5.41) is 11.9. The number of aromatic nitrogens is 1. The van der Waals surface area contributed by atoms with Gasteiger partial charge in [-0.05, 0) is 94.5 Å². The van der Waals surface area contributed by atoms with Gasteiger partial charge in [-0.2, -0.15) is 0 Å². The summed E-state index contributed by atoms with van der Waals surface area (Å²) in [6, 6.07) is 4.74. The zero-order valence-electron chi connectivity index (χ0n) is 19.9. The number of carboxylic acid groups (broad SMARTS) is 1. The Morgan fingerprint density at radius 3 is 2.61 bits per heavy atom. The molecule has 5 rings (SSSR count). The molecular formula is C26H37N3O4. The van der Waals surface area contributed by atoms with Crippen molar-refractivity contribution in [2.24, 2.45) is 5.92 Å². The van der Waals surface area contributed by atoms with Gasteiger partial charge in [0.15, 0.2) is 11.5 Å². The van der Waals surface area contributed by atoms with Crippen molar-refractivity contribution in [1.82, 2.24) is 9.88 Å². The van der Waals surface area contributed by atoms with Crippen molar-refractivity contribution >= 4 is 23.2 Å². The molecule has 1 aliphatic heterocycles. The molecule has 2 heterocycles. The van der Waals surface area contributed by atoms with Crippen LogP contribution in [0.4, 0.5) is 5.82 Å². The molecule has 2 N–H and O–H groups in total. The van der Waals surface area contributed by atoms with E-state index in [-0.39, 0.29) is 6.47 Å². The first-order valence-electron chi connectivity index (χ1n) is 12.4. The summed E-state index contributed by atoms with van der Waals surface area (Å²) in [6.45, 7) is 6.36. The van der Waals surface area contributed by atoms with Crippen LogP contribution in [0.2, 0.25) is 0 Å². The first-order chi connectivity index (χ1) is 16.1. The van der Waals surface area contributed by atoms with Gasteiger partial charge in [0.1, 0.15) is 5.82 Å². The minimum Gasteiger partial charge on any atom is -0.493 e. The molecule has 0 bridgehead atoms. The molecule has 3 aliphatic rings. The van der Waals surface area contributed by atoms with Crippen LogP contribution in [0.3, 0.4) is 0 Å². The highest BCUT2D eigenvalue weighted by Crippen LogP contribution is 2.40. The van der Waals surface area contributed by atoms with Gasteiger partial charge in [0, 0.05) is 24.0 Å². The number of ether oxygens (including phenoxy) is 2. The lowest BCUT2D eigenvalue weighted by Gasteiger charge is -2.19. The standard InChI is InChI=1S/C25H35N3O2.CH2O2/c1-17(18-9-10-18)26-25-20-8-5-7-19(20)21-15-23(29-2)24(16-22(21)27-25)30-14-6-13-28-11-3-4-12-28;2-1-3/h15-18H,3-14H2,1-2H3,(H,26,27);1H,(H,2,3)/t17-;/m0./s1. The van der Waals surface area contributed by atoms with Crippen molar-refractivity contribution in [3.05, 3.63) is 23.3 Å². The molecule has 1 saturated heterocycles. The van der Waals surface area contributed by atoms with Crippen molar-refractivity contribution in [2.75, 3.05) is 38.7 Å². The van der Waals surface area contributed by atoms with Gasteiger partial charge < -0.3 is 24.8 Å². The smallest absolute Gasteiger partial charge is 0.290 e. The Hall–Kier alpha value is -2.54. The third-order valence-corrected chi connectivity index (χ3v) is 7.11. The van der Waals surface area contributed by atoms with Crippen LogP contribution in [-0.2, 0) is 17.6 Å². The van der Waals surface area contributed by atoms with E-state index in [4.69, 9.17) is 24.4 Å². The molecule has 1 aromatic carbocycles. The first kappa shape index (κ1) is 23.6. The van der Waals surface area contributed by atoms with Crippen LogP contribution in [-0.4, -0.2) is 60.9 Å². The number of benzene rings is 1. The molecule has 2 aromatic rings. The predicted molar refractivity (Wildman–Crippen MR) is 131 cm³/mol. The van der Waals surface area contributed by atoms with E-state index in [0.717, 1.165) is 54.6 Å². The highest BCUT2D eigenvalue weighted by molar-refractivity contribution is 5.89. The summed E-state index contributed by atoms with van der Waals surface area (Å²) in [4.78, 5) is 16.0. The summed E-state index contributed by atoms with van der Waals surface area (Å²) in [6.07, 6.45) is 9.86. The van der Waals surface area contributed by atoms with Gasteiger partial charge >= 0.3 is 0 Å². The van der Waals surface area contributed by atoms with Crippen molar-refractivity contribution < 1.29 is 19.4 Å². The number of likely N-dealkylation sites (tertiary alicyclic amines) is 1. The van der Waals surface area contributed by atoms with Gasteiger partial charge in [-0.15, -0.1) is 0 Å². The lowest BCUT2D eigenvalue weighted by Crippen LogP contribution is -2.22. The highest BCUT2D eigenvalue weighted by atomic mass is 16.5. The van der Waals surface area contributed by atoms with E-state index in [1.54, 1.807) is 7.11 Å². The number of carbonyl (C=O) groups is 1. The Morgan fingerprint density at radius 2 is 1.91 bits per heavy atom. The van der Waals surface area contributed by atoms with Crippen molar-refractivity contribution in [3.8, 4) is 11.5 Å². The summed E-state index contributed by atoms with van der Waals surface area (Å²) < 4.78 is 11.9. The minimum atomic E-state index is -0.250. The maximum Gasteiger partial charge on any atom is 0.290 e. The van der Waals surface area contributed by atoms with Crippen molar-refractivity contribution in [2.45, 2.75) is 64.3 Å². The number of nitrogens with zero attached hydrogens (tertiary/aromatic N) is 2. The third-order valence-electron chi connectivity index (χ3n) is 7.11. The topological polar surface area (TPSA) is 83.9 Å². The molecular weight excluding hydrogens is 418 g/mol. The Labute approximate surface area is 196 Å². The number of nitrogens with one attached hydrogen (secondary N) is 1. The number of pyridine rings is 1. The van der Waals surface area contributed by atoms with E-state index in [2.05, 4.69) is 29.3 Å². The van der Waals surface area contributed by atoms with Crippen molar-refractivity contribution in [1.29, 1.82) is 0 Å². The molecule has 2 fully saturated rings. The van der Waals surface area contributed by atoms with Crippen LogP contribution in [0.25, 0.3) is 10.9 Å². The van der Waals surface area contributed by atoms with Crippen LogP contribution >= 0.6 is 0 Å². The molecule has 0 unspecified atom stereocenters. The Kier molecular flexibility index (Phi) is 7.91. The fourth-order valence-corrected chi connectivity index (χ4v) is 5.17. The fraction of sp³-hybridized carbons (Fsp3) is 0.615. The second-order valence-corrected chi connectivity index (χ2v) is 9.42. The van der Waals surface area contributed by atoms with Gasteiger partial charge in [-0.1, -0.05) is 0 Å². The summed E-state index contributed by atoms with van der Waals surface area (Å²) in [7, 11) is 1.74. The van der Waals surface area contributed by atoms with Crippen molar-refractivity contribution in [3.63, 3.8) is 0 Å². The molecule has 180 valence electrons. The lowest BCUT2D eigenvalue weighted by atomic mass is 10.0. The SMILES string of the molecule is COc1cc2c3c(c(N[C@@H](C)C4CC4)nc2cc1OCCCN1CCCC1)CCC3.O=CO. The Morgan fingerprint density at radius 1 is 1.18 bits per heavy atom. The summed E-state index contributed by atoms with van der Waals surface area (Å²) in [5.41, 5.74) is 3.89. The zero-order valence-corrected chi connectivity index (χ0v) is 19.9. The van der Waals surface area contributed by atoms with E-state index in [1.807, 2.05) is 0 Å². The average Bonchev–Trinajstić information content (AvgIpc) is 3.31. The highest BCUT2D eigenvalue weighted by Gasteiger charge is 2.30. The molecule has 7 heteroatoms. The molecule has 1 atom stereocenters. The Balaban J connectivity index is 0.000000821. The van der Waals surface area contributed by atoms with Gasteiger partial charge in [-0.3, -0.25) is 4.79 Å². The van der Waals surface area contributed by atoms with Crippen LogP contribution in [0.1, 0.15) is 56.6 Å².